The van der Waals surface area contributed by atoms with E-state index in [1.807, 2.05) is 22.9 Å². The molecule has 3 rings (SSSR count). The Morgan fingerprint density at radius 2 is 2.18 bits per heavy atom. The van der Waals surface area contributed by atoms with Crippen LogP contribution in [-0.2, 0) is 11.2 Å². The third-order valence-electron chi connectivity index (χ3n) is 2.83. The average Bonchev–Trinajstić information content (AvgIpc) is 3.13. The van der Waals surface area contributed by atoms with Gasteiger partial charge in [-0.1, -0.05) is 17.7 Å². The van der Waals surface area contributed by atoms with Crippen molar-refractivity contribution in [1.29, 1.82) is 0 Å². The number of nitrogens with one attached hydrogen (secondary N) is 1. The zero-order valence-electron chi connectivity index (χ0n) is 11.2. The lowest BCUT2D eigenvalue weighted by atomic mass is 10.2. The molecule has 0 spiro atoms. The van der Waals surface area contributed by atoms with E-state index in [0.29, 0.717) is 11.4 Å². The highest BCUT2D eigenvalue weighted by Gasteiger charge is 2.10. The van der Waals surface area contributed by atoms with Crippen LogP contribution in [0.3, 0.4) is 0 Å². The van der Waals surface area contributed by atoms with E-state index in [1.165, 1.54) is 29.5 Å². The van der Waals surface area contributed by atoms with Crippen LogP contribution in [0.1, 0.15) is 5.69 Å². The number of carbonyl (C=O) groups excluding carboxylic acids is 1. The molecule has 0 bridgehead atoms. The number of carbonyl (C=O) groups is 1. The van der Waals surface area contributed by atoms with Crippen LogP contribution in [0, 0.1) is 5.82 Å². The molecule has 0 aliphatic rings. The highest BCUT2D eigenvalue weighted by molar-refractivity contribution is 7.20. The molecule has 0 unspecified atom stereocenters. The summed E-state index contributed by atoms with van der Waals surface area (Å²) in [4.78, 5) is 17.5. The van der Waals surface area contributed by atoms with E-state index >= 15 is 0 Å². The molecule has 112 valence electrons. The van der Waals surface area contributed by atoms with Crippen LogP contribution in [0.25, 0.3) is 9.88 Å². The van der Waals surface area contributed by atoms with Crippen LogP contribution in [0.4, 0.5) is 10.1 Å². The molecule has 2 heterocycles. The molecular formula is C15H10ClFN2OS2. The summed E-state index contributed by atoms with van der Waals surface area (Å²) in [6.07, 6.45) is 0.164. The lowest BCUT2D eigenvalue weighted by Crippen LogP contribution is -2.14. The Morgan fingerprint density at radius 3 is 2.91 bits per heavy atom. The number of hydrogen-bond acceptors (Lipinski definition) is 4. The minimum Gasteiger partial charge on any atom is -0.326 e. The fourth-order valence-corrected chi connectivity index (χ4v) is 3.66. The standard InChI is InChI=1S/C15H10ClFN2OS2/c16-11-6-9(3-4-12(11)17)18-14(20)7-10-8-22-15(19-10)13-2-1-5-21-13/h1-6,8H,7H2,(H,18,20). The van der Waals surface area contributed by atoms with Gasteiger partial charge in [-0.05, 0) is 29.6 Å². The number of thiazole rings is 1. The van der Waals surface area contributed by atoms with E-state index < -0.39 is 5.82 Å². The van der Waals surface area contributed by atoms with Crippen LogP contribution < -0.4 is 5.32 Å². The number of anilines is 1. The van der Waals surface area contributed by atoms with Crippen LogP contribution in [0.15, 0.2) is 41.1 Å². The van der Waals surface area contributed by atoms with Crippen molar-refractivity contribution in [3.8, 4) is 9.88 Å². The Balaban J connectivity index is 1.65. The number of aromatic nitrogens is 1. The molecule has 0 aliphatic heterocycles. The summed E-state index contributed by atoms with van der Waals surface area (Å²) in [5.41, 5.74) is 1.17. The van der Waals surface area contributed by atoms with Crippen molar-refractivity contribution in [3.05, 3.63) is 57.6 Å². The van der Waals surface area contributed by atoms with Crippen LogP contribution in [0.2, 0.25) is 5.02 Å². The molecular weight excluding hydrogens is 343 g/mol. The summed E-state index contributed by atoms with van der Waals surface area (Å²) in [6, 6.07) is 8.03. The highest BCUT2D eigenvalue weighted by atomic mass is 35.5. The van der Waals surface area contributed by atoms with Gasteiger partial charge >= 0.3 is 0 Å². The van der Waals surface area contributed by atoms with Gasteiger partial charge in [0.2, 0.25) is 5.91 Å². The van der Waals surface area contributed by atoms with E-state index in [2.05, 4.69) is 10.3 Å². The second-order valence-electron chi connectivity index (χ2n) is 4.48. The summed E-state index contributed by atoms with van der Waals surface area (Å²) in [5, 5.41) is 7.42. The first kappa shape index (κ1) is 15.1. The van der Waals surface area contributed by atoms with E-state index in [-0.39, 0.29) is 17.4 Å². The molecule has 0 radical (unpaired) electrons. The summed E-state index contributed by atoms with van der Waals surface area (Å²) in [7, 11) is 0. The molecule has 3 aromatic rings. The van der Waals surface area contributed by atoms with Crippen LogP contribution in [0.5, 0.6) is 0 Å². The number of benzene rings is 1. The predicted octanol–water partition coefficient (Wildman–Crippen LogP) is 4.85. The van der Waals surface area contributed by atoms with Crippen molar-refractivity contribution in [2.75, 3.05) is 5.32 Å². The maximum Gasteiger partial charge on any atom is 0.230 e. The van der Waals surface area contributed by atoms with Gasteiger partial charge in [0.1, 0.15) is 10.8 Å². The van der Waals surface area contributed by atoms with Gasteiger partial charge < -0.3 is 5.32 Å². The number of halogens is 2. The van der Waals surface area contributed by atoms with Crippen molar-refractivity contribution in [1.82, 2.24) is 4.98 Å². The van der Waals surface area contributed by atoms with Crippen molar-refractivity contribution in [2.45, 2.75) is 6.42 Å². The van der Waals surface area contributed by atoms with Crippen molar-refractivity contribution >= 4 is 45.9 Å². The fraction of sp³-hybridized carbons (Fsp3) is 0.0667. The average molecular weight is 353 g/mol. The van der Waals surface area contributed by atoms with Gasteiger partial charge in [0.25, 0.3) is 0 Å². The van der Waals surface area contributed by atoms with E-state index in [9.17, 15) is 9.18 Å². The predicted molar refractivity (Wildman–Crippen MR) is 89.2 cm³/mol. The van der Waals surface area contributed by atoms with Crippen LogP contribution in [-0.4, -0.2) is 10.9 Å². The third kappa shape index (κ3) is 3.52. The lowest BCUT2D eigenvalue weighted by molar-refractivity contribution is -0.115. The lowest BCUT2D eigenvalue weighted by Gasteiger charge is -2.04. The molecule has 3 nitrogen and oxygen atoms in total. The monoisotopic (exact) mass is 352 g/mol. The molecule has 0 fully saturated rings. The molecule has 1 amide bonds. The van der Waals surface area contributed by atoms with E-state index in [4.69, 9.17) is 11.6 Å². The molecule has 2 aromatic heterocycles. The first-order chi connectivity index (χ1) is 10.6. The number of rotatable bonds is 4. The Labute approximate surface area is 139 Å². The molecule has 0 atom stereocenters. The molecule has 22 heavy (non-hydrogen) atoms. The molecule has 0 saturated carbocycles. The van der Waals surface area contributed by atoms with Crippen molar-refractivity contribution < 1.29 is 9.18 Å². The van der Waals surface area contributed by atoms with Gasteiger partial charge in [-0.25, -0.2) is 9.37 Å². The zero-order chi connectivity index (χ0) is 15.5. The minimum absolute atomic E-state index is 0.0218. The van der Waals surface area contributed by atoms with Gasteiger partial charge in [0.05, 0.1) is 22.0 Å². The maximum atomic E-state index is 13.1. The van der Waals surface area contributed by atoms with Gasteiger partial charge in [-0.15, -0.1) is 22.7 Å². The maximum absolute atomic E-state index is 13.1. The second-order valence-corrected chi connectivity index (χ2v) is 6.69. The summed E-state index contributed by atoms with van der Waals surface area (Å²) in [6.45, 7) is 0. The summed E-state index contributed by atoms with van der Waals surface area (Å²) >= 11 is 8.80. The van der Waals surface area contributed by atoms with Gasteiger partial charge in [0, 0.05) is 11.1 Å². The summed E-state index contributed by atoms with van der Waals surface area (Å²) < 4.78 is 13.1. The number of hydrogen-bond donors (Lipinski definition) is 1. The van der Waals surface area contributed by atoms with E-state index in [1.54, 1.807) is 11.3 Å². The minimum atomic E-state index is -0.514. The van der Waals surface area contributed by atoms with Crippen LogP contribution >= 0.6 is 34.3 Å². The zero-order valence-corrected chi connectivity index (χ0v) is 13.6. The normalized spacial score (nSPS) is 10.6. The quantitative estimate of drug-likeness (QED) is 0.729. The number of amides is 1. The largest absolute Gasteiger partial charge is 0.326 e. The second kappa shape index (κ2) is 6.56. The van der Waals surface area contributed by atoms with Crippen molar-refractivity contribution in [3.63, 3.8) is 0 Å². The number of thiophene rings is 1. The highest BCUT2D eigenvalue weighted by Crippen LogP contribution is 2.28. The van der Waals surface area contributed by atoms with Gasteiger partial charge in [0.15, 0.2) is 0 Å². The SMILES string of the molecule is O=C(Cc1csc(-c2cccs2)n1)Nc1ccc(F)c(Cl)c1. The Hall–Kier alpha value is -1.76. The smallest absolute Gasteiger partial charge is 0.230 e. The summed E-state index contributed by atoms with van der Waals surface area (Å²) in [5.74, 6) is -0.731. The third-order valence-corrected chi connectivity index (χ3v) is 5.05. The van der Waals surface area contributed by atoms with Gasteiger partial charge in [-0.3, -0.25) is 4.79 Å². The Morgan fingerprint density at radius 1 is 1.32 bits per heavy atom. The molecule has 7 heteroatoms. The Bertz CT molecular complexity index is 802. The molecule has 1 N–H and O–H groups in total. The number of nitrogens with zero attached hydrogens (tertiary/aromatic N) is 1. The first-order valence-corrected chi connectivity index (χ1v) is 8.49. The first-order valence-electron chi connectivity index (χ1n) is 6.35. The molecule has 0 aliphatic carbocycles. The molecule has 1 aromatic carbocycles. The van der Waals surface area contributed by atoms with E-state index in [0.717, 1.165) is 9.88 Å². The Kier molecular flexibility index (Phi) is 4.52. The topological polar surface area (TPSA) is 42.0 Å². The molecule has 0 saturated heterocycles. The van der Waals surface area contributed by atoms with Gasteiger partial charge in [-0.2, -0.15) is 0 Å². The van der Waals surface area contributed by atoms with Crippen molar-refractivity contribution in [2.24, 2.45) is 0 Å². The fourth-order valence-electron chi connectivity index (χ4n) is 1.85.